The molecule has 2 atom stereocenters. The van der Waals surface area contributed by atoms with Gasteiger partial charge in [0.25, 0.3) is 0 Å². The van der Waals surface area contributed by atoms with Crippen LogP contribution in [0.4, 0.5) is 9.18 Å². The molecule has 1 aromatic rings. The zero-order valence-electron chi connectivity index (χ0n) is 14.5. The van der Waals surface area contributed by atoms with Crippen molar-refractivity contribution >= 4 is 12.0 Å². The number of halogens is 1. The zero-order valence-corrected chi connectivity index (χ0v) is 14.5. The van der Waals surface area contributed by atoms with Crippen LogP contribution in [-0.2, 0) is 4.79 Å². The van der Waals surface area contributed by atoms with Crippen LogP contribution in [0.5, 0.6) is 0 Å². The highest BCUT2D eigenvalue weighted by Crippen LogP contribution is 2.35. The summed E-state index contributed by atoms with van der Waals surface area (Å²) in [5.41, 5.74) is 0.828. The number of nitrogens with one attached hydrogen (secondary N) is 1. The molecule has 1 heterocycles. The Kier molecular flexibility index (Phi) is 5.25. The number of hydrogen-bond acceptors (Lipinski definition) is 2. The van der Waals surface area contributed by atoms with E-state index in [9.17, 15) is 14.0 Å². The van der Waals surface area contributed by atoms with Crippen molar-refractivity contribution in [3.63, 3.8) is 0 Å². The Labute approximate surface area is 147 Å². The molecule has 2 amide bonds. The molecule has 2 unspecified atom stereocenters. The molecule has 1 aromatic carbocycles. The van der Waals surface area contributed by atoms with Crippen molar-refractivity contribution in [2.24, 2.45) is 11.8 Å². The highest BCUT2D eigenvalue weighted by molar-refractivity contribution is 5.75. The van der Waals surface area contributed by atoms with Crippen molar-refractivity contribution < 1.29 is 19.1 Å². The summed E-state index contributed by atoms with van der Waals surface area (Å²) < 4.78 is 13.6. The van der Waals surface area contributed by atoms with E-state index in [0.717, 1.165) is 12.0 Å². The number of carbonyl (C=O) groups excluding carboxylic acids is 1. The van der Waals surface area contributed by atoms with E-state index in [1.54, 1.807) is 11.0 Å². The van der Waals surface area contributed by atoms with Gasteiger partial charge in [0, 0.05) is 12.6 Å². The molecule has 2 N–H and O–H groups in total. The first-order valence-electron chi connectivity index (χ1n) is 8.99. The molecule has 2 fully saturated rings. The summed E-state index contributed by atoms with van der Waals surface area (Å²) >= 11 is 0. The van der Waals surface area contributed by atoms with Gasteiger partial charge in [0.15, 0.2) is 0 Å². The molecular weight excluding hydrogens is 323 g/mol. The summed E-state index contributed by atoms with van der Waals surface area (Å²) in [4.78, 5) is 25.6. The predicted octanol–water partition coefficient (Wildman–Crippen LogP) is 3.56. The lowest BCUT2D eigenvalue weighted by Crippen LogP contribution is -2.46. The average molecular weight is 348 g/mol. The number of carboxylic acid groups (broad SMARTS) is 1. The largest absolute Gasteiger partial charge is 0.481 e. The minimum absolute atomic E-state index is 0.0205. The SMILES string of the molecule is CC1CC(c2cccc(F)c2)N(C(=O)NC2CCC(C(=O)O)CC2)C1. The number of carboxylic acids is 1. The third-order valence-electron chi connectivity index (χ3n) is 5.41. The number of amides is 2. The van der Waals surface area contributed by atoms with E-state index in [0.29, 0.717) is 38.1 Å². The van der Waals surface area contributed by atoms with Gasteiger partial charge in [-0.3, -0.25) is 4.79 Å². The predicted molar refractivity (Wildman–Crippen MR) is 91.5 cm³/mol. The van der Waals surface area contributed by atoms with Crippen LogP contribution in [-0.4, -0.2) is 34.6 Å². The van der Waals surface area contributed by atoms with Gasteiger partial charge >= 0.3 is 12.0 Å². The average Bonchev–Trinajstić information content (AvgIpc) is 2.97. The Balaban J connectivity index is 1.63. The van der Waals surface area contributed by atoms with E-state index in [-0.39, 0.29) is 29.8 Å². The van der Waals surface area contributed by atoms with Crippen LogP contribution in [0.15, 0.2) is 24.3 Å². The topological polar surface area (TPSA) is 69.6 Å². The van der Waals surface area contributed by atoms with Crippen LogP contribution in [0.3, 0.4) is 0 Å². The Morgan fingerprint density at radius 3 is 2.60 bits per heavy atom. The van der Waals surface area contributed by atoms with Crippen molar-refractivity contribution in [1.82, 2.24) is 10.2 Å². The van der Waals surface area contributed by atoms with Crippen LogP contribution in [0.1, 0.15) is 50.6 Å². The lowest BCUT2D eigenvalue weighted by molar-refractivity contribution is -0.142. The number of rotatable bonds is 3. The molecule has 0 bridgehead atoms. The number of hydrogen-bond donors (Lipinski definition) is 2. The molecule has 0 aromatic heterocycles. The molecular formula is C19H25FN2O3. The molecule has 25 heavy (non-hydrogen) atoms. The van der Waals surface area contributed by atoms with Crippen LogP contribution in [0, 0.1) is 17.7 Å². The normalized spacial score (nSPS) is 29.4. The first-order valence-corrected chi connectivity index (χ1v) is 8.99. The van der Waals surface area contributed by atoms with Gasteiger partial charge in [-0.05, 0) is 55.7 Å². The van der Waals surface area contributed by atoms with E-state index < -0.39 is 5.97 Å². The van der Waals surface area contributed by atoms with Crippen LogP contribution >= 0.6 is 0 Å². The summed E-state index contributed by atoms with van der Waals surface area (Å²) in [7, 11) is 0. The van der Waals surface area contributed by atoms with Gasteiger partial charge in [-0.2, -0.15) is 0 Å². The Bertz CT molecular complexity index is 643. The maximum absolute atomic E-state index is 13.6. The van der Waals surface area contributed by atoms with E-state index in [1.807, 2.05) is 6.07 Å². The molecule has 0 radical (unpaired) electrons. The Morgan fingerprint density at radius 1 is 1.24 bits per heavy atom. The van der Waals surface area contributed by atoms with Gasteiger partial charge in [0.2, 0.25) is 0 Å². The van der Waals surface area contributed by atoms with Crippen molar-refractivity contribution in [3.05, 3.63) is 35.6 Å². The molecule has 136 valence electrons. The number of benzene rings is 1. The fourth-order valence-corrected chi connectivity index (χ4v) is 4.04. The van der Waals surface area contributed by atoms with Gasteiger partial charge < -0.3 is 15.3 Å². The zero-order chi connectivity index (χ0) is 18.0. The number of carbonyl (C=O) groups is 2. The van der Waals surface area contributed by atoms with E-state index in [2.05, 4.69) is 12.2 Å². The number of urea groups is 1. The van der Waals surface area contributed by atoms with Crippen molar-refractivity contribution in [2.75, 3.05) is 6.54 Å². The molecule has 0 spiro atoms. The standard InChI is InChI=1S/C19H25FN2O3/c1-12-9-17(14-3-2-4-15(20)10-14)22(11-12)19(25)21-16-7-5-13(6-8-16)18(23)24/h2-4,10,12-13,16-17H,5-9,11H2,1H3,(H,21,25)(H,23,24). The Hall–Kier alpha value is -2.11. The van der Waals surface area contributed by atoms with Crippen molar-refractivity contribution in [1.29, 1.82) is 0 Å². The molecule has 1 aliphatic heterocycles. The summed E-state index contributed by atoms with van der Waals surface area (Å²) in [5.74, 6) is -0.963. The summed E-state index contributed by atoms with van der Waals surface area (Å²) in [5, 5.41) is 12.1. The summed E-state index contributed by atoms with van der Waals surface area (Å²) in [6.07, 6.45) is 3.41. The molecule has 6 heteroatoms. The maximum Gasteiger partial charge on any atom is 0.318 e. The number of aliphatic carboxylic acids is 1. The van der Waals surface area contributed by atoms with Crippen LogP contribution in [0.25, 0.3) is 0 Å². The smallest absolute Gasteiger partial charge is 0.318 e. The molecule has 1 saturated carbocycles. The Morgan fingerprint density at radius 2 is 1.96 bits per heavy atom. The fourth-order valence-electron chi connectivity index (χ4n) is 4.04. The highest BCUT2D eigenvalue weighted by atomic mass is 19.1. The molecule has 1 aliphatic carbocycles. The van der Waals surface area contributed by atoms with E-state index in [1.165, 1.54) is 12.1 Å². The van der Waals surface area contributed by atoms with Gasteiger partial charge in [0.05, 0.1) is 12.0 Å². The number of nitrogens with zero attached hydrogens (tertiary/aromatic N) is 1. The van der Waals surface area contributed by atoms with Gasteiger partial charge in [-0.1, -0.05) is 19.1 Å². The minimum atomic E-state index is -0.746. The molecule has 5 nitrogen and oxygen atoms in total. The molecule has 2 aliphatic rings. The minimum Gasteiger partial charge on any atom is -0.481 e. The maximum atomic E-state index is 13.6. The van der Waals surface area contributed by atoms with Gasteiger partial charge in [0.1, 0.15) is 5.82 Å². The van der Waals surface area contributed by atoms with Crippen molar-refractivity contribution in [2.45, 2.75) is 51.1 Å². The van der Waals surface area contributed by atoms with E-state index in [4.69, 9.17) is 5.11 Å². The second-order valence-electron chi connectivity index (χ2n) is 7.40. The van der Waals surface area contributed by atoms with Crippen LogP contribution in [0.2, 0.25) is 0 Å². The first-order chi connectivity index (χ1) is 11.9. The van der Waals surface area contributed by atoms with Crippen molar-refractivity contribution in [3.8, 4) is 0 Å². The quantitative estimate of drug-likeness (QED) is 0.877. The third-order valence-corrected chi connectivity index (χ3v) is 5.41. The van der Waals surface area contributed by atoms with Crippen LogP contribution < -0.4 is 5.32 Å². The fraction of sp³-hybridized carbons (Fsp3) is 0.579. The highest BCUT2D eigenvalue weighted by Gasteiger charge is 2.35. The van der Waals surface area contributed by atoms with Gasteiger partial charge in [-0.25, -0.2) is 9.18 Å². The van der Waals surface area contributed by atoms with Gasteiger partial charge in [-0.15, -0.1) is 0 Å². The van der Waals surface area contributed by atoms with E-state index >= 15 is 0 Å². The lowest BCUT2D eigenvalue weighted by Gasteiger charge is -2.31. The second kappa shape index (κ2) is 7.42. The molecule has 3 rings (SSSR count). The number of likely N-dealkylation sites (tertiary alicyclic amines) is 1. The second-order valence-corrected chi connectivity index (χ2v) is 7.40. The molecule has 1 saturated heterocycles. The summed E-state index contributed by atoms with van der Waals surface area (Å²) in [6, 6.07) is 6.24. The third kappa shape index (κ3) is 4.11. The monoisotopic (exact) mass is 348 g/mol. The summed E-state index contributed by atoms with van der Waals surface area (Å²) in [6.45, 7) is 2.75. The lowest BCUT2D eigenvalue weighted by atomic mass is 9.86. The first kappa shape index (κ1) is 17.7.